The van der Waals surface area contributed by atoms with E-state index < -0.39 is 0 Å². The van der Waals surface area contributed by atoms with Gasteiger partial charge in [0.15, 0.2) is 0 Å². The van der Waals surface area contributed by atoms with E-state index in [0.717, 1.165) is 25.7 Å². The summed E-state index contributed by atoms with van der Waals surface area (Å²) in [6.07, 6.45) is 13.6. The van der Waals surface area contributed by atoms with Crippen LogP contribution < -0.4 is 0 Å². The summed E-state index contributed by atoms with van der Waals surface area (Å²) < 4.78 is 5.99. The van der Waals surface area contributed by atoms with Gasteiger partial charge in [-0.1, -0.05) is 25.5 Å². The van der Waals surface area contributed by atoms with Gasteiger partial charge in [-0.15, -0.1) is 0 Å². The third-order valence-electron chi connectivity index (χ3n) is 5.31. The van der Waals surface area contributed by atoms with Gasteiger partial charge in [-0.05, 0) is 56.8 Å². The van der Waals surface area contributed by atoms with E-state index in [4.69, 9.17) is 4.74 Å². The van der Waals surface area contributed by atoms with Crippen LogP contribution in [-0.4, -0.2) is 11.6 Å². The summed E-state index contributed by atoms with van der Waals surface area (Å²) in [5.74, 6) is 1.37. The lowest BCUT2D eigenvalue weighted by molar-refractivity contribution is -0.170. The standard InChI is InChI=1S/C16H24O2/c1-2-16(8-4-3-5-9-16)18-15(17)14-11-12-6-7-13(14)10-12/h6-7,12-14H,2-5,8-11H2,1H3/t12-,13+,14+/m0/s1. The van der Waals surface area contributed by atoms with Gasteiger partial charge in [0.2, 0.25) is 0 Å². The maximum Gasteiger partial charge on any atom is 0.310 e. The predicted octanol–water partition coefficient (Wildman–Crippen LogP) is 3.85. The number of fused-ring (bicyclic) bond motifs is 2. The predicted molar refractivity (Wildman–Crippen MR) is 71.0 cm³/mol. The van der Waals surface area contributed by atoms with Crippen molar-refractivity contribution in [2.75, 3.05) is 0 Å². The van der Waals surface area contributed by atoms with Crippen LogP contribution in [0.3, 0.4) is 0 Å². The van der Waals surface area contributed by atoms with Crippen molar-refractivity contribution in [2.45, 2.75) is 63.9 Å². The number of allylic oxidation sites excluding steroid dienone is 2. The lowest BCUT2D eigenvalue weighted by Gasteiger charge is -2.37. The Morgan fingerprint density at radius 2 is 2.00 bits per heavy atom. The third kappa shape index (κ3) is 2.10. The van der Waals surface area contributed by atoms with Gasteiger partial charge in [0.1, 0.15) is 5.60 Å². The molecule has 2 fully saturated rings. The van der Waals surface area contributed by atoms with Crippen LogP contribution in [-0.2, 0) is 9.53 Å². The lowest BCUT2D eigenvalue weighted by Crippen LogP contribution is -2.39. The number of carbonyl (C=O) groups excluding carboxylic acids is 1. The highest BCUT2D eigenvalue weighted by Gasteiger charge is 2.43. The molecule has 0 radical (unpaired) electrons. The van der Waals surface area contributed by atoms with E-state index in [1.54, 1.807) is 0 Å². The molecule has 0 N–H and O–H groups in total. The SMILES string of the molecule is CCC1(OC(=O)[C@@H]2C[C@H]3C=C[C@@H]2C3)CCCCC1. The molecule has 2 heteroatoms. The molecule has 18 heavy (non-hydrogen) atoms. The summed E-state index contributed by atoms with van der Waals surface area (Å²) in [4.78, 5) is 12.4. The van der Waals surface area contributed by atoms with Crippen molar-refractivity contribution in [3.8, 4) is 0 Å². The molecule has 0 heterocycles. The van der Waals surface area contributed by atoms with Crippen LogP contribution in [0.15, 0.2) is 12.2 Å². The Bertz CT molecular complexity index is 352. The van der Waals surface area contributed by atoms with E-state index in [-0.39, 0.29) is 17.5 Å². The molecule has 3 aliphatic carbocycles. The van der Waals surface area contributed by atoms with Crippen molar-refractivity contribution >= 4 is 5.97 Å². The van der Waals surface area contributed by atoms with Gasteiger partial charge in [-0.2, -0.15) is 0 Å². The van der Waals surface area contributed by atoms with Crippen molar-refractivity contribution < 1.29 is 9.53 Å². The maximum absolute atomic E-state index is 12.4. The Morgan fingerprint density at radius 3 is 2.56 bits per heavy atom. The van der Waals surface area contributed by atoms with Crippen LogP contribution in [0.2, 0.25) is 0 Å². The molecule has 2 bridgehead atoms. The Labute approximate surface area is 110 Å². The Balaban J connectivity index is 1.64. The summed E-state index contributed by atoms with van der Waals surface area (Å²) in [6.45, 7) is 2.17. The minimum atomic E-state index is -0.124. The third-order valence-corrected chi connectivity index (χ3v) is 5.31. The Kier molecular flexibility index (Phi) is 3.21. The van der Waals surface area contributed by atoms with Gasteiger partial charge in [0, 0.05) is 0 Å². The summed E-state index contributed by atoms with van der Waals surface area (Å²) >= 11 is 0. The molecule has 100 valence electrons. The van der Waals surface area contributed by atoms with Crippen LogP contribution >= 0.6 is 0 Å². The fourth-order valence-electron chi connectivity index (χ4n) is 4.06. The van der Waals surface area contributed by atoms with Crippen LogP contribution in [0, 0.1) is 17.8 Å². The first-order chi connectivity index (χ1) is 8.72. The van der Waals surface area contributed by atoms with Crippen LogP contribution in [0.1, 0.15) is 58.3 Å². The molecule has 0 saturated heterocycles. The van der Waals surface area contributed by atoms with Crippen molar-refractivity contribution in [1.29, 1.82) is 0 Å². The van der Waals surface area contributed by atoms with Crippen LogP contribution in [0.4, 0.5) is 0 Å². The molecule has 0 aromatic heterocycles. The molecule has 0 unspecified atom stereocenters. The first kappa shape index (κ1) is 12.3. The molecule has 0 amide bonds. The lowest BCUT2D eigenvalue weighted by atomic mass is 9.82. The summed E-state index contributed by atoms with van der Waals surface area (Å²) in [5.41, 5.74) is -0.124. The quantitative estimate of drug-likeness (QED) is 0.560. The molecule has 3 atom stereocenters. The topological polar surface area (TPSA) is 26.3 Å². The highest BCUT2D eigenvalue weighted by molar-refractivity contribution is 5.74. The second-order valence-electron chi connectivity index (χ2n) is 6.41. The average molecular weight is 248 g/mol. The van der Waals surface area contributed by atoms with E-state index >= 15 is 0 Å². The molecule has 3 aliphatic rings. The van der Waals surface area contributed by atoms with Crippen LogP contribution in [0.5, 0.6) is 0 Å². The largest absolute Gasteiger partial charge is 0.459 e. The minimum absolute atomic E-state index is 0.0931. The summed E-state index contributed by atoms with van der Waals surface area (Å²) in [5, 5.41) is 0. The van der Waals surface area contributed by atoms with Crippen LogP contribution in [0.25, 0.3) is 0 Å². The number of carbonyl (C=O) groups is 1. The van der Waals surface area contributed by atoms with Crippen molar-refractivity contribution in [3.05, 3.63) is 12.2 Å². The minimum Gasteiger partial charge on any atom is -0.459 e. The van der Waals surface area contributed by atoms with E-state index in [0.29, 0.717) is 11.8 Å². The zero-order valence-corrected chi connectivity index (χ0v) is 11.4. The van der Waals surface area contributed by atoms with Gasteiger partial charge in [-0.3, -0.25) is 4.79 Å². The normalized spacial score (nSPS) is 36.8. The second-order valence-corrected chi connectivity index (χ2v) is 6.41. The number of rotatable bonds is 3. The molecular formula is C16H24O2. The summed E-state index contributed by atoms with van der Waals surface area (Å²) in [7, 11) is 0. The molecule has 0 spiro atoms. The van der Waals surface area contributed by atoms with Gasteiger partial charge < -0.3 is 4.74 Å². The smallest absolute Gasteiger partial charge is 0.310 e. The molecule has 0 aromatic rings. The van der Waals surface area contributed by atoms with E-state index in [1.807, 2.05) is 0 Å². The number of hydrogen-bond acceptors (Lipinski definition) is 2. The fourth-order valence-corrected chi connectivity index (χ4v) is 4.06. The highest BCUT2D eigenvalue weighted by atomic mass is 16.6. The zero-order valence-electron chi connectivity index (χ0n) is 11.4. The first-order valence-corrected chi connectivity index (χ1v) is 7.64. The van der Waals surface area contributed by atoms with Crippen molar-refractivity contribution in [2.24, 2.45) is 17.8 Å². The molecule has 3 rings (SSSR count). The molecule has 0 aliphatic heterocycles. The van der Waals surface area contributed by atoms with E-state index in [2.05, 4.69) is 19.1 Å². The monoisotopic (exact) mass is 248 g/mol. The average Bonchev–Trinajstić information content (AvgIpc) is 3.02. The van der Waals surface area contributed by atoms with Gasteiger partial charge in [0.25, 0.3) is 0 Å². The molecule has 0 aromatic carbocycles. The zero-order chi connectivity index (χ0) is 12.6. The fraction of sp³-hybridized carbons (Fsp3) is 0.812. The molecular weight excluding hydrogens is 224 g/mol. The Morgan fingerprint density at radius 1 is 1.22 bits per heavy atom. The van der Waals surface area contributed by atoms with E-state index in [9.17, 15) is 4.79 Å². The maximum atomic E-state index is 12.4. The van der Waals surface area contributed by atoms with Crippen molar-refractivity contribution in [3.63, 3.8) is 0 Å². The van der Waals surface area contributed by atoms with E-state index in [1.165, 1.54) is 25.7 Å². The molecule has 2 nitrogen and oxygen atoms in total. The molecule has 2 saturated carbocycles. The van der Waals surface area contributed by atoms with Gasteiger partial charge in [-0.25, -0.2) is 0 Å². The second kappa shape index (κ2) is 4.71. The summed E-state index contributed by atoms with van der Waals surface area (Å²) in [6, 6.07) is 0. The van der Waals surface area contributed by atoms with Gasteiger partial charge in [0.05, 0.1) is 5.92 Å². The number of hydrogen-bond donors (Lipinski definition) is 0. The first-order valence-electron chi connectivity index (χ1n) is 7.64. The Hall–Kier alpha value is -0.790. The number of esters is 1. The van der Waals surface area contributed by atoms with Crippen molar-refractivity contribution in [1.82, 2.24) is 0 Å². The number of ether oxygens (including phenoxy) is 1. The highest BCUT2D eigenvalue weighted by Crippen LogP contribution is 2.45. The van der Waals surface area contributed by atoms with Gasteiger partial charge >= 0.3 is 5.97 Å².